The SMILES string of the molecule is COCCNC(=O)C(C)NCCc1ncno1. The standard InChI is InChI=1S/C10H18N4O3/c1-8(10(15)12-5-6-16-2)11-4-3-9-13-7-14-17-9/h7-8,11H,3-6H2,1-2H3,(H,12,15). The number of nitrogens with zero attached hydrogens (tertiary/aromatic N) is 2. The summed E-state index contributed by atoms with van der Waals surface area (Å²) >= 11 is 0. The minimum Gasteiger partial charge on any atom is -0.383 e. The molecular formula is C10H18N4O3. The van der Waals surface area contributed by atoms with Gasteiger partial charge in [0, 0.05) is 26.6 Å². The lowest BCUT2D eigenvalue weighted by Crippen LogP contribution is -2.43. The second kappa shape index (κ2) is 7.75. The highest BCUT2D eigenvalue weighted by atomic mass is 16.5. The van der Waals surface area contributed by atoms with Gasteiger partial charge in [0.25, 0.3) is 0 Å². The zero-order valence-corrected chi connectivity index (χ0v) is 10.1. The van der Waals surface area contributed by atoms with Crippen LogP contribution >= 0.6 is 0 Å². The van der Waals surface area contributed by atoms with E-state index in [2.05, 4.69) is 20.8 Å². The average molecular weight is 242 g/mol. The molecule has 1 aromatic heterocycles. The first kappa shape index (κ1) is 13.6. The number of hydrogen-bond acceptors (Lipinski definition) is 6. The Bertz CT molecular complexity index is 315. The lowest BCUT2D eigenvalue weighted by atomic mass is 10.3. The van der Waals surface area contributed by atoms with Gasteiger partial charge in [-0.1, -0.05) is 5.16 Å². The molecule has 1 rings (SSSR count). The van der Waals surface area contributed by atoms with E-state index in [0.29, 0.717) is 32.0 Å². The molecule has 0 aromatic carbocycles. The Labute approximate surface area is 99.9 Å². The number of carbonyl (C=O) groups excluding carboxylic acids is 1. The van der Waals surface area contributed by atoms with Gasteiger partial charge in [0.15, 0.2) is 6.33 Å². The van der Waals surface area contributed by atoms with E-state index < -0.39 is 0 Å². The number of methoxy groups -OCH3 is 1. The van der Waals surface area contributed by atoms with E-state index in [4.69, 9.17) is 9.26 Å². The molecule has 0 radical (unpaired) electrons. The van der Waals surface area contributed by atoms with E-state index in [9.17, 15) is 4.79 Å². The number of ether oxygens (including phenoxy) is 1. The van der Waals surface area contributed by atoms with Gasteiger partial charge in [-0.25, -0.2) is 0 Å². The molecule has 0 bridgehead atoms. The summed E-state index contributed by atoms with van der Waals surface area (Å²) in [5, 5.41) is 9.31. The number of hydrogen-bond donors (Lipinski definition) is 2. The van der Waals surface area contributed by atoms with Gasteiger partial charge in [-0.05, 0) is 6.92 Å². The number of nitrogens with one attached hydrogen (secondary N) is 2. The summed E-state index contributed by atoms with van der Waals surface area (Å²) in [4.78, 5) is 15.4. The van der Waals surface area contributed by atoms with Crippen molar-refractivity contribution in [3.05, 3.63) is 12.2 Å². The summed E-state index contributed by atoms with van der Waals surface area (Å²) < 4.78 is 9.68. The maximum absolute atomic E-state index is 11.5. The van der Waals surface area contributed by atoms with Crippen molar-refractivity contribution in [3.8, 4) is 0 Å². The third-order valence-corrected chi connectivity index (χ3v) is 2.20. The predicted octanol–water partition coefficient (Wildman–Crippen LogP) is -0.647. The van der Waals surface area contributed by atoms with Crippen LogP contribution in [0.5, 0.6) is 0 Å². The Balaban J connectivity index is 2.11. The lowest BCUT2D eigenvalue weighted by Gasteiger charge is -2.12. The van der Waals surface area contributed by atoms with Gasteiger partial charge >= 0.3 is 0 Å². The third kappa shape index (κ3) is 5.41. The van der Waals surface area contributed by atoms with Gasteiger partial charge in [-0.3, -0.25) is 4.79 Å². The van der Waals surface area contributed by atoms with Crippen LogP contribution in [-0.2, 0) is 16.0 Å². The predicted molar refractivity (Wildman–Crippen MR) is 60.4 cm³/mol. The van der Waals surface area contributed by atoms with Crippen LogP contribution in [0.15, 0.2) is 10.9 Å². The molecule has 0 aliphatic carbocycles. The first-order chi connectivity index (χ1) is 8.24. The molecule has 0 aliphatic rings. The molecule has 0 saturated heterocycles. The Morgan fingerprint density at radius 1 is 1.59 bits per heavy atom. The molecule has 1 aromatic rings. The normalized spacial score (nSPS) is 12.4. The number of amides is 1. The molecule has 2 N–H and O–H groups in total. The number of carbonyl (C=O) groups is 1. The molecule has 7 heteroatoms. The maximum Gasteiger partial charge on any atom is 0.236 e. The van der Waals surface area contributed by atoms with Crippen LogP contribution < -0.4 is 10.6 Å². The quantitative estimate of drug-likeness (QED) is 0.589. The monoisotopic (exact) mass is 242 g/mol. The zero-order valence-electron chi connectivity index (χ0n) is 10.1. The second-order valence-corrected chi connectivity index (χ2v) is 3.54. The van der Waals surface area contributed by atoms with Crippen LogP contribution in [0, 0.1) is 0 Å². The van der Waals surface area contributed by atoms with E-state index in [1.807, 2.05) is 0 Å². The van der Waals surface area contributed by atoms with Crippen molar-refractivity contribution < 1.29 is 14.1 Å². The molecule has 96 valence electrons. The van der Waals surface area contributed by atoms with Crippen LogP contribution in [-0.4, -0.2) is 48.9 Å². The van der Waals surface area contributed by atoms with E-state index in [1.54, 1.807) is 14.0 Å². The van der Waals surface area contributed by atoms with Crippen molar-refractivity contribution in [1.82, 2.24) is 20.8 Å². The highest BCUT2D eigenvalue weighted by Gasteiger charge is 2.11. The fourth-order valence-electron chi connectivity index (χ4n) is 1.22. The summed E-state index contributed by atoms with van der Waals surface area (Å²) in [7, 11) is 1.60. The van der Waals surface area contributed by atoms with Crippen LogP contribution in [0.25, 0.3) is 0 Å². The summed E-state index contributed by atoms with van der Waals surface area (Å²) in [6, 6.07) is -0.255. The van der Waals surface area contributed by atoms with Gasteiger partial charge in [0.05, 0.1) is 12.6 Å². The van der Waals surface area contributed by atoms with Crippen molar-refractivity contribution >= 4 is 5.91 Å². The smallest absolute Gasteiger partial charge is 0.236 e. The second-order valence-electron chi connectivity index (χ2n) is 3.54. The number of aromatic nitrogens is 2. The number of rotatable bonds is 8. The van der Waals surface area contributed by atoms with E-state index in [0.717, 1.165) is 0 Å². The topological polar surface area (TPSA) is 89.3 Å². The Morgan fingerprint density at radius 3 is 3.06 bits per heavy atom. The van der Waals surface area contributed by atoms with Crippen molar-refractivity contribution in [2.75, 3.05) is 26.8 Å². The maximum atomic E-state index is 11.5. The fourth-order valence-corrected chi connectivity index (χ4v) is 1.22. The van der Waals surface area contributed by atoms with Gasteiger partial charge < -0.3 is 19.9 Å². The lowest BCUT2D eigenvalue weighted by molar-refractivity contribution is -0.122. The molecule has 0 spiro atoms. The Kier molecular flexibility index (Phi) is 6.19. The minimum atomic E-state index is -0.255. The first-order valence-electron chi connectivity index (χ1n) is 5.49. The first-order valence-corrected chi connectivity index (χ1v) is 5.49. The van der Waals surface area contributed by atoms with Crippen LogP contribution in [0.3, 0.4) is 0 Å². The molecule has 1 heterocycles. The summed E-state index contributed by atoms with van der Waals surface area (Å²) in [5.74, 6) is 0.511. The Hall–Kier alpha value is -1.47. The molecule has 0 saturated carbocycles. The summed E-state index contributed by atoms with van der Waals surface area (Å²) in [6.45, 7) is 3.45. The fraction of sp³-hybridized carbons (Fsp3) is 0.700. The molecule has 0 aliphatic heterocycles. The molecular weight excluding hydrogens is 224 g/mol. The van der Waals surface area contributed by atoms with Crippen LogP contribution in [0.4, 0.5) is 0 Å². The average Bonchev–Trinajstić information content (AvgIpc) is 2.82. The van der Waals surface area contributed by atoms with Crippen molar-refractivity contribution in [2.45, 2.75) is 19.4 Å². The third-order valence-electron chi connectivity index (χ3n) is 2.20. The summed E-state index contributed by atoms with van der Waals surface area (Å²) in [6.07, 6.45) is 1.96. The molecule has 17 heavy (non-hydrogen) atoms. The molecule has 1 amide bonds. The van der Waals surface area contributed by atoms with Gasteiger partial charge in [-0.15, -0.1) is 0 Å². The molecule has 0 fully saturated rings. The van der Waals surface area contributed by atoms with Crippen LogP contribution in [0.1, 0.15) is 12.8 Å². The van der Waals surface area contributed by atoms with E-state index in [1.165, 1.54) is 6.33 Å². The van der Waals surface area contributed by atoms with Crippen molar-refractivity contribution in [2.24, 2.45) is 0 Å². The minimum absolute atomic E-state index is 0.0485. The van der Waals surface area contributed by atoms with Gasteiger partial charge in [0.2, 0.25) is 11.8 Å². The zero-order chi connectivity index (χ0) is 12.5. The van der Waals surface area contributed by atoms with Crippen molar-refractivity contribution in [1.29, 1.82) is 0 Å². The van der Waals surface area contributed by atoms with Gasteiger partial charge in [-0.2, -0.15) is 4.98 Å². The Morgan fingerprint density at radius 2 is 2.41 bits per heavy atom. The van der Waals surface area contributed by atoms with Crippen LogP contribution in [0.2, 0.25) is 0 Å². The highest BCUT2D eigenvalue weighted by molar-refractivity contribution is 5.81. The molecule has 1 atom stereocenters. The summed E-state index contributed by atoms with van der Waals surface area (Å²) in [5.41, 5.74) is 0. The van der Waals surface area contributed by atoms with Crippen molar-refractivity contribution in [3.63, 3.8) is 0 Å². The molecule has 1 unspecified atom stereocenters. The molecule has 7 nitrogen and oxygen atoms in total. The largest absolute Gasteiger partial charge is 0.383 e. The van der Waals surface area contributed by atoms with Gasteiger partial charge in [0.1, 0.15) is 0 Å². The highest BCUT2D eigenvalue weighted by Crippen LogP contribution is 1.91. The van der Waals surface area contributed by atoms with E-state index in [-0.39, 0.29) is 11.9 Å². The van der Waals surface area contributed by atoms with E-state index >= 15 is 0 Å².